The van der Waals surface area contributed by atoms with Crippen molar-refractivity contribution in [2.75, 3.05) is 36.9 Å². The summed E-state index contributed by atoms with van der Waals surface area (Å²) in [6.07, 6.45) is 0. The quantitative estimate of drug-likeness (QED) is 0.577. The molecule has 150 valence electrons. The van der Waals surface area contributed by atoms with Crippen LogP contribution in [-0.4, -0.2) is 43.4 Å². The molecule has 2 aromatic rings. The second kappa shape index (κ2) is 9.32. The Morgan fingerprint density at radius 3 is 2.18 bits per heavy atom. The second-order valence-electron chi connectivity index (χ2n) is 6.06. The van der Waals surface area contributed by atoms with Crippen molar-refractivity contribution in [3.8, 4) is 0 Å². The maximum Gasteiger partial charge on any atom is 0.241 e. The summed E-state index contributed by atoms with van der Waals surface area (Å²) in [7, 11) is 1.50. The van der Waals surface area contributed by atoms with E-state index in [0.717, 1.165) is 6.07 Å². The van der Waals surface area contributed by atoms with Gasteiger partial charge in [-0.1, -0.05) is 0 Å². The molecule has 9 heteroatoms. The van der Waals surface area contributed by atoms with Crippen molar-refractivity contribution in [1.29, 1.82) is 0 Å². The van der Waals surface area contributed by atoms with E-state index in [9.17, 15) is 27.2 Å². The fourth-order valence-corrected chi connectivity index (χ4v) is 2.55. The van der Waals surface area contributed by atoms with E-state index in [-0.39, 0.29) is 19.0 Å². The van der Waals surface area contributed by atoms with E-state index in [1.165, 1.54) is 41.1 Å². The molecular formula is C19H19F4N3O2. The van der Waals surface area contributed by atoms with Gasteiger partial charge in [0, 0.05) is 12.2 Å². The average molecular weight is 397 g/mol. The van der Waals surface area contributed by atoms with Crippen molar-refractivity contribution in [2.45, 2.75) is 6.92 Å². The molecule has 0 spiro atoms. The Morgan fingerprint density at radius 1 is 0.929 bits per heavy atom. The van der Waals surface area contributed by atoms with Crippen molar-refractivity contribution in [2.24, 2.45) is 0 Å². The number of nitrogens with zero attached hydrogens (tertiary/aromatic N) is 2. The van der Waals surface area contributed by atoms with Gasteiger partial charge in [0.1, 0.15) is 5.82 Å². The van der Waals surface area contributed by atoms with Crippen molar-refractivity contribution < 1.29 is 27.2 Å². The SMILES string of the molecule is CCN(C(=O)CN(C)CC(=O)Nc1ccc(F)c(F)c1F)c1ccc(F)cc1. The summed E-state index contributed by atoms with van der Waals surface area (Å²) in [4.78, 5) is 27.2. The highest BCUT2D eigenvalue weighted by atomic mass is 19.2. The molecule has 0 radical (unpaired) electrons. The molecule has 0 aliphatic rings. The number of likely N-dealkylation sites (N-methyl/N-ethyl adjacent to an activating group) is 2. The molecular weight excluding hydrogens is 378 g/mol. The zero-order valence-corrected chi connectivity index (χ0v) is 15.3. The van der Waals surface area contributed by atoms with Gasteiger partial charge < -0.3 is 10.2 Å². The predicted molar refractivity (Wildman–Crippen MR) is 96.9 cm³/mol. The third-order valence-electron chi connectivity index (χ3n) is 3.88. The van der Waals surface area contributed by atoms with Gasteiger partial charge in [-0.3, -0.25) is 14.5 Å². The molecule has 0 atom stereocenters. The van der Waals surface area contributed by atoms with Gasteiger partial charge in [0.25, 0.3) is 0 Å². The third-order valence-corrected chi connectivity index (χ3v) is 3.88. The fourth-order valence-electron chi connectivity index (χ4n) is 2.55. The van der Waals surface area contributed by atoms with E-state index < -0.39 is 34.9 Å². The molecule has 0 aliphatic carbocycles. The number of benzene rings is 2. The first-order valence-corrected chi connectivity index (χ1v) is 8.40. The van der Waals surface area contributed by atoms with Gasteiger partial charge in [-0.05, 0) is 50.4 Å². The first-order valence-electron chi connectivity index (χ1n) is 8.40. The van der Waals surface area contributed by atoms with Crippen molar-refractivity contribution in [1.82, 2.24) is 4.90 Å². The number of carbonyl (C=O) groups excluding carboxylic acids is 2. The monoisotopic (exact) mass is 397 g/mol. The lowest BCUT2D eigenvalue weighted by Gasteiger charge is -2.24. The van der Waals surface area contributed by atoms with Crippen LogP contribution in [0, 0.1) is 23.3 Å². The van der Waals surface area contributed by atoms with E-state index in [0.29, 0.717) is 18.3 Å². The highest BCUT2D eigenvalue weighted by Gasteiger charge is 2.19. The molecule has 0 unspecified atom stereocenters. The lowest BCUT2D eigenvalue weighted by molar-refractivity contribution is -0.121. The van der Waals surface area contributed by atoms with Gasteiger partial charge in [-0.25, -0.2) is 17.6 Å². The number of nitrogens with one attached hydrogen (secondary N) is 1. The largest absolute Gasteiger partial charge is 0.322 e. The van der Waals surface area contributed by atoms with Gasteiger partial charge in [0.2, 0.25) is 11.8 Å². The standard InChI is InChI=1S/C19H19F4N3O2/c1-3-26(13-6-4-12(20)5-7-13)17(28)11-25(2)10-16(27)24-15-9-8-14(21)18(22)19(15)23/h4-9H,3,10-11H2,1-2H3,(H,24,27). The van der Waals surface area contributed by atoms with Crippen LogP contribution in [0.5, 0.6) is 0 Å². The van der Waals surface area contributed by atoms with E-state index in [4.69, 9.17) is 0 Å². The first-order chi connectivity index (χ1) is 13.2. The van der Waals surface area contributed by atoms with Crippen molar-refractivity contribution >= 4 is 23.2 Å². The number of halogens is 4. The van der Waals surface area contributed by atoms with Crippen LogP contribution in [-0.2, 0) is 9.59 Å². The predicted octanol–water partition coefficient (Wildman–Crippen LogP) is 3.17. The van der Waals surface area contributed by atoms with Crippen LogP contribution in [0.4, 0.5) is 28.9 Å². The third kappa shape index (κ3) is 5.29. The molecule has 1 N–H and O–H groups in total. The zero-order valence-electron chi connectivity index (χ0n) is 15.3. The molecule has 2 rings (SSSR count). The van der Waals surface area contributed by atoms with E-state index >= 15 is 0 Å². The first kappa shape index (κ1) is 21.4. The molecule has 0 heterocycles. The number of carbonyl (C=O) groups is 2. The Labute approximate surface area is 159 Å². The summed E-state index contributed by atoms with van der Waals surface area (Å²) < 4.78 is 52.8. The van der Waals surface area contributed by atoms with Crippen LogP contribution in [0.1, 0.15) is 6.92 Å². The fraction of sp³-hybridized carbons (Fsp3) is 0.263. The molecule has 0 aliphatic heterocycles. The number of anilines is 2. The van der Waals surface area contributed by atoms with Gasteiger partial charge >= 0.3 is 0 Å². The minimum Gasteiger partial charge on any atom is -0.322 e. The molecule has 0 bridgehead atoms. The number of rotatable bonds is 7. The topological polar surface area (TPSA) is 52.7 Å². The Kier molecular flexibility index (Phi) is 7.11. The van der Waals surface area contributed by atoms with Crippen molar-refractivity contribution in [3.63, 3.8) is 0 Å². The number of hydrogen-bond acceptors (Lipinski definition) is 3. The van der Waals surface area contributed by atoms with Gasteiger partial charge in [0.05, 0.1) is 18.8 Å². The summed E-state index contributed by atoms with van der Waals surface area (Å²) in [5.41, 5.74) is 0.0146. The van der Waals surface area contributed by atoms with Gasteiger partial charge in [-0.15, -0.1) is 0 Å². The second-order valence-corrected chi connectivity index (χ2v) is 6.06. The van der Waals surface area contributed by atoms with Crippen LogP contribution in [0.25, 0.3) is 0 Å². The summed E-state index contributed by atoms with van der Waals surface area (Å²) in [5, 5.41) is 2.13. The minimum atomic E-state index is -1.68. The van der Waals surface area contributed by atoms with Crippen molar-refractivity contribution in [3.05, 3.63) is 59.7 Å². The van der Waals surface area contributed by atoms with Crippen LogP contribution in [0.3, 0.4) is 0 Å². The Balaban J connectivity index is 1.95. The summed E-state index contributed by atoms with van der Waals surface area (Å²) in [6.45, 7) is 1.66. The molecule has 2 aromatic carbocycles. The summed E-state index contributed by atoms with van der Waals surface area (Å²) in [6, 6.07) is 7.01. The molecule has 0 saturated carbocycles. The Morgan fingerprint density at radius 2 is 1.57 bits per heavy atom. The number of amides is 2. The molecule has 0 saturated heterocycles. The smallest absolute Gasteiger partial charge is 0.241 e. The summed E-state index contributed by atoms with van der Waals surface area (Å²) >= 11 is 0. The zero-order chi connectivity index (χ0) is 20.8. The average Bonchev–Trinajstić information content (AvgIpc) is 2.64. The number of hydrogen-bond donors (Lipinski definition) is 1. The molecule has 2 amide bonds. The van der Waals surface area contributed by atoms with Crippen LogP contribution in [0.15, 0.2) is 36.4 Å². The molecule has 28 heavy (non-hydrogen) atoms. The van der Waals surface area contributed by atoms with E-state index in [2.05, 4.69) is 5.32 Å². The van der Waals surface area contributed by atoms with E-state index in [1.54, 1.807) is 6.92 Å². The highest BCUT2D eigenvalue weighted by molar-refractivity contribution is 5.96. The summed E-state index contributed by atoms with van der Waals surface area (Å²) in [5.74, 6) is -6.00. The highest BCUT2D eigenvalue weighted by Crippen LogP contribution is 2.19. The lowest BCUT2D eigenvalue weighted by atomic mass is 10.2. The van der Waals surface area contributed by atoms with E-state index in [1.807, 2.05) is 0 Å². The molecule has 0 aromatic heterocycles. The molecule has 0 fully saturated rings. The van der Waals surface area contributed by atoms with Gasteiger partial charge in [0.15, 0.2) is 17.5 Å². The molecule has 5 nitrogen and oxygen atoms in total. The van der Waals surface area contributed by atoms with Crippen LogP contribution >= 0.6 is 0 Å². The maximum atomic E-state index is 13.6. The Hall–Kier alpha value is -2.94. The van der Waals surface area contributed by atoms with Gasteiger partial charge in [-0.2, -0.15) is 0 Å². The Bertz CT molecular complexity index is 859. The van der Waals surface area contributed by atoms with Crippen LogP contribution < -0.4 is 10.2 Å². The lowest BCUT2D eigenvalue weighted by Crippen LogP contribution is -2.41. The minimum absolute atomic E-state index is 0.140. The maximum absolute atomic E-state index is 13.6. The van der Waals surface area contributed by atoms with Crippen LogP contribution in [0.2, 0.25) is 0 Å². The normalized spacial score (nSPS) is 10.8.